The van der Waals surface area contributed by atoms with Gasteiger partial charge in [0.25, 0.3) is 0 Å². The Labute approximate surface area is 151 Å². The first-order valence-electron chi connectivity index (χ1n) is 7.43. The maximum atomic E-state index is 12.0. The van der Waals surface area contributed by atoms with Crippen molar-refractivity contribution >= 4 is 46.4 Å². The maximum absolute atomic E-state index is 12.0. The van der Waals surface area contributed by atoms with E-state index in [2.05, 4.69) is 15.6 Å². The fraction of sp³-hybridized carbons (Fsp3) is 0.375. The van der Waals surface area contributed by atoms with Crippen LogP contribution in [0, 0.1) is 5.92 Å². The van der Waals surface area contributed by atoms with E-state index >= 15 is 0 Å². The average Bonchev–Trinajstić information content (AvgIpc) is 3.16. The van der Waals surface area contributed by atoms with Crippen molar-refractivity contribution in [3.8, 4) is 11.3 Å². The smallest absolute Gasteiger partial charge is 0.226 e. The van der Waals surface area contributed by atoms with Crippen molar-refractivity contribution in [2.45, 2.75) is 19.3 Å². The molecule has 1 aliphatic heterocycles. The lowest BCUT2D eigenvalue weighted by Crippen LogP contribution is -2.14. The van der Waals surface area contributed by atoms with Crippen LogP contribution in [0.2, 0.25) is 5.02 Å². The second-order valence-electron chi connectivity index (χ2n) is 5.49. The third kappa shape index (κ3) is 5.18. The molecule has 23 heavy (non-hydrogen) atoms. The summed E-state index contributed by atoms with van der Waals surface area (Å²) in [5.74, 6) is 0.669. The van der Waals surface area contributed by atoms with Gasteiger partial charge in [0.05, 0.1) is 5.69 Å². The van der Waals surface area contributed by atoms with E-state index < -0.39 is 0 Å². The summed E-state index contributed by atoms with van der Waals surface area (Å²) < 4.78 is 0. The minimum Gasteiger partial charge on any atom is -0.316 e. The Morgan fingerprint density at radius 2 is 2.35 bits per heavy atom. The van der Waals surface area contributed by atoms with Crippen LogP contribution in [0.4, 0.5) is 5.13 Å². The third-order valence-corrected chi connectivity index (χ3v) is 4.81. The van der Waals surface area contributed by atoms with Crippen LogP contribution in [0.5, 0.6) is 0 Å². The highest BCUT2D eigenvalue weighted by Gasteiger charge is 2.16. The number of carbonyl (C=O) groups excluding carboxylic acids is 1. The number of rotatable bonds is 5. The number of hydrogen-bond donors (Lipinski definition) is 2. The molecule has 4 nitrogen and oxygen atoms in total. The Morgan fingerprint density at radius 3 is 3.09 bits per heavy atom. The topological polar surface area (TPSA) is 54.0 Å². The fourth-order valence-corrected chi connectivity index (χ4v) is 3.52. The van der Waals surface area contributed by atoms with Crippen molar-refractivity contribution in [2.24, 2.45) is 5.92 Å². The Hall–Kier alpha value is -1.14. The summed E-state index contributed by atoms with van der Waals surface area (Å²) in [4.78, 5) is 16.4. The van der Waals surface area contributed by atoms with Gasteiger partial charge in [0.15, 0.2) is 5.13 Å². The van der Waals surface area contributed by atoms with Crippen LogP contribution < -0.4 is 10.6 Å². The second-order valence-corrected chi connectivity index (χ2v) is 6.79. The summed E-state index contributed by atoms with van der Waals surface area (Å²) in [7, 11) is 0. The molecule has 1 aromatic heterocycles. The van der Waals surface area contributed by atoms with Gasteiger partial charge in [-0.15, -0.1) is 23.7 Å². The number of anilines is 1. The molecular weight excluding hydrogens is 353 g/mol. The molecule has 1 aromatic carbocycles. The van der Waals surface area contributed by atoms with Crippen molar-refractivity contribution in [1.29, 1.82) is 0 Å². The van der Waals surface area contributed by atoms with Gasteiger partial charge in [-0.25, -0.2) is 4.98 Å². The Morgan fingerprint density at radius 1 is 1.48 bits per heavy atom. The third-order valence-electron chi connectivity index (χ3n) is 3.81. The molecule has 1 amide bonds. The van der Waals surface area contributed by atoms with Crippen molar-refractivity contribution in [2.75, 3.05) is 18.4 Å². The first-order chi connectivity index (χ1) is 10.7. The van der Waals surface area contributed by atoms with Crippen molar-refractivity contribution in [1.82, 2.24) is 10.3 Å². The number of hydrogen-bond acceptors (Lipinski definition) is 4. The summed E-state index contributed by atoms with van der Waals surface area (Å²) in [6.45, 7) is 2.10. The van der Waals surface area contributed by atoms with Gasteiger partial charge in [0, 0.05) is 22.4 Å². The van der Waals surface area contributed by atoms with Crippen LogP contribution in [-0.2, 0) is 4.79 Å². The van der Waals surface area contributed by atoms with Gasteiger partial charge in [0.2, 0.25) is 5.91 Å². The quantitative estimate of drug-likeness (QED) is 0.827. The summed E-state index contributed by atoms with van der Waals surface area (Å²) in [5.41, 5.74) is 1.80. The number of nitrogens with zero attached hydrogens (tertiary/aromatic N) is 1. The van der Waals surface area contributed by atoms with Gasteiger partial charge in [-0.1, -0.05) is 23.7 Å². The summed E-state index contributed by atoms with van der Waals surface area (Å²) in [6.07, 6.45) is 2.66. The molecule has 3 rings (SSSR count). The number of halogens is 2. The lowest BCUT2D eigenvalue weighted by molar-refractivity contribution is -0.116. The number of aromatic nitrogens is 1. The van der Waals surface area contributed by atoms with Crippen LogP contribution >= 0.6 is 35.3 Å². The van der Waals surface area contributed by atoms with E-state index in [1.807, 2.05) is 29.6 Å². The lowest BCUT2D eigenvalue weighted by Gasteiger charge is -2.07. The number of amides is 1. The summed E-state index contributed by atoms with van der Waals surface area (Å²) in [5, 5.41) is 9.46. The number of nitrogens with one attached hydrogen (secondary N) is 2. The number of carbonyl (C=O) groups is 1. The van der Waals surface area contributed by atoms with Crippen LogP contribution in [0.15, 0.2) is 29.6 Å². The zero-order valence-electron chi connectivity index (χ0n) is 12.5. The molecule has 2 heterocycles. The van der Waals surface area contributed by atoms with Crippen molar-refractivity contribution in [3.63, 3.8) is 0 Å². The molecule has 0 aliphatic carbocycles. The highest BCUT2D eigenvalue weighted by molar-refractivity contribution is 7.14. The van der Waals surface area contributed by atoms with E-state index in [0.29, 0.717) is 22.5 Å². The first-order valence-corrected chi connectivity index (χ1v) is 8.68. The monoisotopic (exact) mass is 371 g/mol. The molecule has 124 valence electrons. The molecule has 1 saturated heterocycles. The zero-order chi connectivity index (χ0) is 15.4. The van der Waals surface area contributed by atoms with Gasteiger partial charge in [-0.3, -0.25) is 4.79 Å². The standard InChI is InChI=1S/C16H18ClN3OS.ClH/c17-13-3-1-2-12(8-13)14-10-22-16(19-14)20-15(21)5-4-11-6-7-18-9-11;/h1-3,8,10-11,18H,4-7,9H2,(H,19,20,21);1H. The average molecular weight is 372 g/mol. The maximum Gasteiger partial charge on any atom is 0.226 e. The van der Waals surface area contributed by atoms with E-state index in [1.165, 1.54) is 17.8 Å². The number of benzene rings is 1. The van der Waals surface area contributed by atoms with Gasteiger partial charge in [-0.05, 0) is 44.0 Å². The fourth-order valence-electron chi connectivity index (χ4n) is 2.59. The molecule has 1 unspecified atom stereocenters. The molecule has 0 bridgehead atoms. The predicted molar refractivity (Wildman–Crippen MR) is 98.6 cm³/mol. The predicted octanol–water partition coefficient (Wildman–Crippen LogP) is 4.21. The molecule has 0 saturated carbocycles. The molecular formula is C16H19Cl2N3OS. The molecule has 1 atom stereocenters. The first kappa shape index (κ1) is 18.2. The molecule has 0 spiro atoms. The highest BCUT2D eigenvalue weighted by Crippen LogP contribution is 2.27. The van der Waals surface area contributed by atoms with E-state index in [-0.39, 0.29) is 18.3 Å². The molecule has 2 aromatic rings. The van der Waals surface area contributed by atoms with Crippen molar-refractivity contribution in [3.05, 3.63) is 34.7 Å². The van der Waals surface area contributed by atoms with Crippen LogP contribution in [0.3, 0.4) is 0 Å². The Bertz CT molecular complexity index is 656. The van der Waals surface area contributed by atoms with Gasteiger partial charge >= 0.3 is 0 Å². The largest absolute Gasteiger partial charge is 0.316 e. The molecule has 1 aliphatic rings. The van der Waals surface area contributed by atoms with Crippen molar-refractivity contribution < 1.29 is 4.79 Å². The normalized spacial score (nSPS) is 16.8. The minimum atomic E-state index is 0. The van der Waals surface area contributed by atoms with Crippen LogP contribution in [0.25, 0.3) is 11.3 Å². The Balaban J connectivity index is 0.00000192. The molecule has 7 heteroatoms. The number of thiazole rings is 1. The Kier molecular flexibility index (Phi) is 6.84. The van der Waals surface area contributed by atoms with Crippen LogP contribution in [-0.4, -0.2) is 24.0 Å². The van der Waals surface area contributed by atoms with E-state index in [9.17, 15) is 4.79 Å². The second kappa shape index (κ2) is 8.64. The SMILES string of the molecule is Cl.O=C(CCC1CCNC1)Nc1nc(-c2cccc(Cl)c2)cs1. The molecule has 1 fully saturated rings. The van der Waals surface area contributed by atoms with E-state index in [0.717, 1.165) is 30.8 Å². The lowest BCUT2D eigenvalue weighted by atomic mass is 10.0. The highest BCUT2D eigenvalue weighted by atomic mass is 35.5. The summed E-state index contributed by atoms with van der Waals surface area (Å²) >= 11 is 7.43. The molecule has 2 N–H and O–H groups in total. The molecule has 0 radical (unpaired) electrons. The van der Waals surface area contributed by atoms with Gasteiger partial charge in [-0.2, -0.15) is 0 Å². The van der Waals surface area contributed by atoms with Gasteiger partial charge < -0.3 is 10.6 Å². The summed E-state index contributed by atoms with van der Waals surface area (Å²) in [6, 6.07) is 7.55. The van der Waals surface area contributed by atoms with E-state index in [4.69, 9.17) is 11.6 Å². The zero-order valence-corrected chi connectivity index (χ0v) is 14.9. The van der Waals surface area contributed by atoms with Gasteiger partial charge in [0.1, 0.15) is 0 Å². The van der Waals surface area contributed by atoms with Crippen LogP contribution in [0.1, 0.15) is 19.3 Å². The minimum absolute atomic E-state index is 0. The van der Waals surface area contributed by atoms with E-state index in [1.54, 1.807) is 0 Å².